The Morgan fingerprint density at radius 2 is 1.94 bits per heavy atom. The molecule has 4 amide bonds. The monoisotopic (exact) mass is 800 g/mol. The average Bonchev–Trinajstić information content (AvgIpc) is 3.85. The van der Waals surface area contributed by atoms with Crippen molar-refractivity contribution >= 4 is 85.0 Å². The number of amides is 4. The molecule has 278 valence electrons. The van der Waals surface area contributed by atoms with Gasteiger partial charge in [0.15, 0.2) is 22.3 Å². The molecule has 2 aliphatic heterocycles. The van der Waals surface area contributed by atoms with Gasteiger partial charge in [-0.2, -0.15) is 8.42 Å². The highest BCUT2D eigenvalue weighted by Crippen LogP contribution is 2.37. The van der Waals surface area contributed by atoms with Crippen LogP contribution >= 0.6 is 34.3 Å². The van der Waals surface area contributed by atoms with Crippen molar-refractivity contribution in [1.29, 1.82) is 0 Å². The third-order valence-electron chi connectivity index (χ3n) is 7.93. The van der Waals surface area contributed by atoms with Gasteiger partial charge in [0.25, 0.3) is 23.6 Å². The second-order valence-electron chi connectivity index (χ2n) is 11.9. The molecule has 0 saturated carbocycles. The molecule has 3 aromatic rings. The Morgan fingerprint density at radius 1 is 1.23 bits per heavy atom. The summed E-state index contributed by atoms with van der Waals surface area (Å²) in [6.45, 7) is 2.24. The third-order valence-corrected chi connectivity index (χ3v) is 11.1. The van der Waals surface area contributed by atoms with Crippen LogP contribution in [0, 0.1) is 0 Å². The summed E-state index contributed by atoms with van der Waals surface area (Å²) >= 11 is 7.96. The van der Waals surface area contributed by atoms with Gasteiger partial charge in [-0.3, -0.25) is 23.7 Å². The van der Waals surface area contributed by atoms with E-state index < -0.39 is 81.3 Å². The number of aromatic hydroxyl groups is 2. The van der Waals surface area contributed by atoms with E-state index in [1.807, 2.05) is 0 Å². The van der Waals surface area contributed by atoms with Crippen LogP contribution in [-0.4, -0.2) is 120 Å². The first kappa shape index (κ1) is 38.1. The molecule has 2 fully saturated rings. The van der Waals surface area contributed by atoms with Gasteiger partial charge in [0.1, 0.15) is 16.6 Å². The first-order chi connectivity index (χ1) is 24.3. The van der Waals surface area contributed by atoms with Crippen LogP contribution in [0.25, 0.3) is 0 Å². The van der Waals surface area contributed by atoms with E-state index in [1.54, 1.807) is 0 Å². The summed E-state index contributed by atoms with van der Waals surface area (Å²) in [5.74, 6) is -6.39. The van der Waals surface area contributed by atoms with Crippen molar-refractivity contribution in [3.8, 4) is 11.5 Å². The number of oxime groups is 1. The minimum atomic E-state index is -5.14. The molecule has 5 rings (SSSR count). The molecule has 2 aliphatic rings. The number of nitrogens with one attached hydrogen (secondary N) is 2. The second-order valence-corrected chi connectivity index (χ2v) is 15.5. The number of β-lactam (4-membered cyclic amide) rings is 1. The molecule has 2 aromatic heterocycles. The van der Waals surface area contributed by atoms with E-state index in [9.17, 15) is 52.3 Å². The van der Waals surface area contributed by atoms with E-state index in [0.29, 0.717) is 18.0 Å². The molecule has 0 bridgehead atoms. The third kappa shape index (κ3) is 7.72. The zero-order valence-corrected chi connectivity index (χ0v) is 30.0. The van der Waals surface area contributed by atoms with Crippen molar-refractivity contribution in [3.05, 3.63) is 49.9 Å². The highest BCUT2D eigenvalue weighted by Gasteiger charge is 2.54. The van der Waals surface area contributed by atoms with Crippen molar-refractivity contribution in [3.63, 3.8) is 0 Å². The van der Waals surface area contributed by atoms with Crippen LogP contribution in [0.5, 0.6) is 11.5 Å². The minimum Gasteiger partial charge on any atom is -0.504 e. The fourth-order valence-corrected chi connectivity index (χ4v) is 7.70. The van der Waals surface area contributed by atoms with Gasteiger partial charge < -0.3 is 41.4 Å². The van der Waals surface area contributed by atoms with Gasteiger partial charge in [0.05, 0.1) is 27.8 Å². The lowest BCUT2D eigenvalue weighted by Crippen LogP contribution is -2.74. The van der Waals surface area contributed by atoms with Crippen LogP contribution in [0.1, 0.15) is 56.9 Å². The van der Waals surface area contributed by atoms with Gasteiger partial charge in [0.2, 0.25) is 5.60 Å². The summed E-state index contributed by atoms with van der Waals surface area (Å²) in [5, 5.41) is 38.7. The van der Waals surface area contributed by atoms with Crippen LogP contribution in [0.3, 0.4) is 0 Å². The number of phenols is 2. The normalized spacial score (nSPS) is 19.3. The highest BCUT2D eigenvalue weighted by molar-refractivity contribution is 7.84. The predicted octanol–water partition coefficient (Wildman–Crippen LogP) is 0.388. The maximum atomic E-state index is 13.3. The number of aromatic nitrogens is 2. The Balaban J connectivity index is 1.26. The smallest absolute Gasteiger partial charge is 0.362 e. The van der Waals surface area contributed by atoms with E-state index >= 15 is 0 Å². The van der Waals surface area contributed by atoms with Crippen LogP contribution in [-0.2, 0) is 29.5 Å². The maximum Gasteiger partial charge on any atom is 0.362 e. The van der Waals surface area contributed by atoms with E-state index in [0.717, 1.165) is 42.6 Å². The number of carbonyl (C=O) groups excluding carboxylic acids is 4. The lowest BCUT2D eigenvalue weighted by Gasteiger charge is -2.44. The number of thiazole rings is 2. The number of hydrogen-bond donors (Lipinski definition) is 7. The molecule has 1 aromatic carbocycles. The van der Waals surface area contributed by atoms with Gasteiger partial charge in [-0.05, 0) is 32.4 Å². The molecular formula is C28H29ClN8O12S3. The van der Waals surface area contributed by atoms with Crippen molar-refractivity contribution in [2.75, 3.05) is 25.4 Å². The molecular weight excluding hydrogens is 772 g/mol. The minimum absolute atomic E-state index is 0.00784. The zero-order chi connectivity index (χ0) is 38.3. The van der Waals surface area contributed by atoms with Gasteiger partial charge in [-0.25, -0.2) is 19.1 Å². The van der Waals surface area contributed by atoms with Gasteiger partial charge >= 0.3 is 16.3 Å². The fraction of sp³-hybridized carbons (Fsp3) is 0.357. The van der Waals surface area contributed by atoms with Crippen molar-refractivity contribution in [1.82, 2.24) is 29.8 Å². The lowest BCUT2D eigenvalue weighted by molar-refractivity contribution is -0.161. The Hall–Kier alpha value is -5.10. The number of carbonyl (C=O) groups is 5. The van der Waals surface area contributed by atoms with Crippen molar-refractivity contribution in [2.45, 2.75) is 43.9 Å². The number of anilines is 1. The summed E-state index contributed by atoms with van der Waals surface area (Å²) in [5.41, 5.74) is 3.00. The molecule has 0 radical (unpaired) electrons. The average molecular weight is 801 g/mol. The molecule has 3 atom stereocenters. The topological polar surface area (TPSA) is 304 Å². The van der Waals surface area contributed by atoms with Crippen LogP contribution < -0.4 is 16.4 Å². The number of hydrogen-bond acceptors (Lipinski definition) is 16. The molecule has 52 heavy (non-hydrogen) atoms. The van der Waals surface area contributed by atoms with Crippen LogP contribution in [0.2, 0.25) is 5.02 Å². The fourth-order valence-electron chi connectivity index (χ4n) is 5.07. The molecule has 0 spiro atoms. The summed E-state index contributed by atoms with van der Waals surface area (Å²) in [7, 11) is -5.14. The number of benzene rings is 1. The summed E-state index contributed by atoms with van der Waals surface area (Å²) in [6.07, 6.45) is 1.75. The van der Waals surface area contributed by atoms with Gasteiger partial charge in [-0.15, -0.1) is 22.7 Å². The molecule has 0 aliphatic carbocycles. The predicted molar refractivity (Wildman–Crippen MR) is 182 cm³/mol. The number of carboxylic acid groups (broad SMARTS) is 1. The van der Waals surface area contributed by atoms with E-state index in [-0.39, 0.29) is 43.1 Å². The lowest BCUT2D eigenvalue weighted by atomic mass is 9.98. The van der Waals surface area contributed by atoms with Crippen LogP contribution in [0.4, 0.5) is 5.13 Å². The Labute approximate surface area is 306 Å². The SMILES string of the molecule is CC(C)(O/N=C(\C(=O)N[C@@H]1C(=O)N(S(=O)(=O)O)[C@@H]1CNC(=O)c1cnc([C@@H]2CCN(C(=O)c3ccc(O)c(O)c3Cl)C2)s1)c1csc(N)n1)C(=O)O. The Bertz CT molecular complexity index is 2100. The van der Waals surface area contributed by atoms with E-state index in [4.69, 9.17) is 22.2 Å². The number of rotatable bonds is 12. The molecule has 4 heterocycles. The van der Waals surface area contributed by atoms with Gasteiger partial charge in [-0.1, -0.05) is 16.8 Å². The van der Waals surface area contributed by atoms with E-state index in [1.165, 1.54) is 22.5 Å². The maximum absolute atomic E-state index is 13.3. The number of nitrogens with zero attached hydrogens (tertiary/aromatic N) is 5. The van der Waals surface area contributed by atoms with Gasteiger partial charge in [0, 0.05) is 30.9 Å². The molecule has 20 nitrogen and oxygen atoms in total. The van der Waals surface area contributed by atoms with Crippen LogP contribution in [0.15, 0.2) is 28.9 Å². The largest absolute Gasteiger partial charge is 0.504 e. The summed E-state index contributed by atoms with van der Waals surface area (Å²) in [4.78, 5) is 78.5. The number of nitrogens with two attached hydrogens (primary N) is 1. The highest BCUT2D eigenvalue weighted by atomic mass is 35.5. The van der Waals surface area contributed by atoms with Crippen molar-refractivity contribution < 1.29 is 57.1 Å². The number of likely N-dealkylation sites (tertiary alicyclic amines) is 1. The zero-order valence-electron chi connectivity index (χ0n) is 26.8. The molecule has 0 unspecified atom stereocenters. The number of halogens is 1. The Morgan fingerprint density at radius 3 is 2.58 bits per heavy atom. The summed E-state index contributed by atoms with van der Waals surface area (Å²) < 4.78 is 33.8. The molecule has 8 N–H and O–H groups in total. The second kappa shape index (κ2) is 14.5. The first-order valence-electron chi connectivity index (χ1n) is 14.9. The molecule has 24 heteroatoms. The first-order valence-corrected chi connectivity index (χ1v) is 18.3. The number of carboxylic acids is 1. The number of aliphatic carboxylic acids is 1. The number of nitrogen functional groups attached to an aromatic ring is 1. The quantitative estimate of drug-likeness (QED) is 0.0429. The summed E-state index contributed by atoms with van der Waals surface area (Å²) in [6, 6.07) is -0.702. The van der Waals surface area contributed by atoms with E-state index in [2.05, 4.69) is 25.8 Å². The van der Waals surface area contributed by atoms with Crippen molar-refractivity contribution in [2.24, 2.45) is 5.16 Å². The Kier molecular flexibility index (Phi) is 10.6. The number of phenolic OH excluding ortho intramolecular Hbond substituents is 2. The molecule has 2 saturated heterocycles. The standard InChI is InChI=1S/C28H29ClN8O12S3/c1-28(2,26(44)45)49-35-18(13-10-50-27(30)33-13)22(41)34-19-14(37(25(19)43)52(46,47)48)7-31-21(40)16-8-32-23(51-16)11-5-6-36(9-11)24(42)12-3-4-15(38)20(39)17(12)29/h3-4,8,10-11,14,19,38-39H,5-7,9H2,1-2H3,(H2,30,33)(H,31,40)(H,34,41)(H,44,45)(H,46,47,48)/b35-18-/t11-,14-,19+/m1/s1.